The Balaban J connectivity index is 1.75. The highest BCUT2D eigenvalue weighted by Crippen LogP contribution is 2.19. The van der Waals surface area contributed by atoms with E-state index in [1.807, 2.05) is 60.7 Å². The number of nitrogens with one attached hydrogen (secondary N) is 1. The molecular formula is C23H26N4O. The Morgan fingerprint density at radius 2 is 1.64 bits per heavy atom. The Bertz CT molecular complexity index is 851. The van der Waals surface area contributed by atoms with Crippen LogP contribution in [0.25, 0.3) is 0 Å². The molecular weight excluding hydrogens is 348 g/mol. The van der Waals surface area contributed by atoms with Gasteiger partial charge in [-0.05, 0) is 24.1 Å². The molecule has 0 radical (unpaired) electrons. The molecule has 1 heterocycles. The predicted octanol–water partition coefficient (Wildman–Crippen LogP) is 4.93. The maximum atomic E-state index is 13.2. The van der Waals surface area contributed by atoms with Gasteiger partial charge < -0.3 is 10.2 Å². The third-order valence-electron chi connectivity index (χ3n) is 4.45. The second-order valence-electron chi connectivity index (χ2n) is 6.63. The van der Waals surface area contributed by atoms with Gasteiger partial charge in [-0.15, -0.1) is 0 Å². The molecule has 0 aliphatic carbocycles. The molecule has 0 unspecified atom stereocenters. The lowest BCUT2D eigenvalue weighted by molar-refractivity contribution is 0.0980. The van der Waals surface area contributed by atoms with E-state index in [9.17, 15) is 4.79 Å². The summed E-state index contributed by atoms with van der Waals surface area (Å²) in [4.78, 5) is 23.6. The fourth-order valence-electron chi connectivity index (χ4n) is 2.91. The molecule has 1 N–H and O–H groups in total. The van der Waals surface area contributed by atoms with Crippen molar-refractivity contribution in [3.8, 4) is 0 Å². The van der Waals surface area contributed by atoms with E-state index in [1.54, 1.807) is 17.3 Å². The molecule has 0 aliphatic heterocycles. The number of benzene rings is 2. The molecule has 144 valence electrons. The minimum atomic E-state index is -0.167. The van der Waals surface area contributed by atoms with Gasteiger partial charge in [0, 0.05) is 12.2 Å². The van der Waals surface area contributed by atoms with Crippen LogP contribution in [-0.2, 0) is 6.54 Å². The fourth-order valence-corrected chi connectivity index (χ4v) is 2.91. The Hall–Kier alpha value is -3.21. The summed E-state index contributed by atoms with van der Waals surface area (Å²) in [6, 6.07) is 19.6. The Kier molecular flexibility index (Phi) is 7.13. The third-order valence-corrected chi connectivity index (χ3v) is 4.45. The lowest BCUT2D eigenvalue weighted by Gasteiger charge is -2.22. The van der Waals surface area contributed by atoms with Crippen molar-refractivity contribution in [3.63, 3.8) is 0 Å². The van der Waals surface area contributed by atoms with Crippen LogP contribution in [0.4, 0.5) is 11.5 Å². The van der Waals surface area contributed by atoms with Crippen LogP contribution in [0, 0.1) is 0 Å². The van der Waals surface area contributed by atoms with Gasteiger partial charge in [0.05, 0.1) is 18.9 Å². The number of para-hydroxylation sites is 1. The van der Waals surface area contributed by atoms with Crippen LogP contribution in [0.15, 0.2) is 73.1 Å². The van der Waals surface area contributed by atoms with Crippen molar-refractivity contribution in [1.29, 1.82) is 0 Å². The minimum absolute atomic E-state index is 0.167. The van der Waals surface area contributed by atoms with E-state index in [2.05, 4.69) is 22.2 Å². The molecule has 1 amide bonds. The van der Waals surface area contributed by atoms with Crippen molar-refractivity contribution in [2.24, 2.45) is 0 Å². The van der Waals surface area contributed by atoms with Crippen LogP contribution < -0.4 is 10.2 Å². The lowest BCUT2D eigenvalue weighted by Crippen LogP contribution is -2.31. The Morgan fingerprint density at radius 3 is 2.29 bits per heavy atom. The second kappa shape index (κ2) is 10.2. The summed E-state index contributed by atoms with van der Waals surface area (Å²) < 4.78 is 0. The highest BCUT2D eigenvalue weighted by atomic mass is 16.2. The van der Waals surface area contributed by atoms with Crippen LogP contribution in [0.3, 0.4) is 0 Å². The molecule has 3 rings (SSSR count). The number of carbonyl (C=O) groups is 1. The summed E-state index contributed by atoms with van der Waals surface area (Å²) in [6.45, 7) is 3.51. The molecule has 0 saturated heterocycles. The fraction of sp³-hybridized carbons (Fsp3) is 0.261. The maximum absolute atomic E-state index is 13.2. The molecule has 1 aromatic heterocycles. The summed E-state index contributed by atoms with van der Waals surface area (Å²) in [5.41, 5.74) is 2.22. The van der Waals surface area contributed by atoms with Gasteiger partial charge in [-0.1, -0.05) is 68.3 Å². The maximum Gasteiger partial charge on any atom is 0.278 e. The first-order valence-corrected chi connectivity index (χ1v) is 9.74. The van der Waals surface area contributed by atoms with Gasteiger partial charge in [0.1, 0.15) is 11.5 Å². The van der Waals surface area contributed by atoms with E-state index >= 15 is 0 Å². The number of aromatic nitrogens is 2. The second-order valence-corrected chi connectivity index (χ2v) is 6.63. The summed E-state index contributed by atoms with van der Waals surface area (Å²) in [5, 5.41) is 3.25. The van der Waals surface area contributed by atoms with Gasteiger partial charge in [-0.25, -0.2) is 9.97 Å². The van der Waals surface area contributed by atoms with Gasteiger partial charge in [0.25, 0.3) is 5.91 Å². The third kappa shape index (κ3) is 5.39. The zero-order valence-electron chi connectivity index (χ0n) is 16.2. The van der Waals surface area contributed by atoms with Gasteiger partial charge in [0.15, 0.2) is 0 Å². The largest absolute Gasteiger partial charge is 0.369 e. The van der Waals surface area contributed by atoms with Crippen LogP contribution in [0.2, 0.25) is 0 Å². The van der Waals surface area contributed by atoms with Crippen LogP contribution in [-0.4, -0.2) is 22.4 Å². The molecule has 0 aliphatic rings. The van der Waals surface area contributed by atoms with E-state index in [0.29, 0.717) is 18.1 Å². The van der Waals surface area contributed by atoms with Crippen LogP contribution in [0.1, 0.15) is 42.2 Å². The molecule has 0 saturated carbocycles. The number of anilines is 2. The zero-order chi connectivity index (χ0) is 19.6. The van der Waals surface area contributed by atoms with Crippen molar-refractivity contribution in [1.82, 2.24) is 9.97 Å². The highest BCUT2D eigenvalue weighted by Gasteiger charge is 2.19. The first-order chi connectivity index (χ1) is 13.8. The normalized spacial score (nSPS) is 10.5. The Labute approximate surface area is 166 Å². The van der Waals surface area contributed by atoms with Gasteiger partial charge >= 0.3 is 0 Å². The SMILES string of the molecule is CCCCCNc1cnc(C(=O)N(Cc2ccccc2)c2ccccc2)cn1. The molecule has 0 spiro atoms. The number of carbonyl (C=O) groups excluding carboxylic acids is 1. The number of nitrogens with zero attached hydrogens (tertiary/aromatic N) is 3. The molecule has 0 atom stereocenters. The molecule has 5 nitrogen and oxygen atoms in total. The van der Waals surface area contributed by atoms with Crippen molar-refractivity contribution in [3.05, 3.63) is 84.3 Å². The molecule has 0 bridgehead atoms. The molecule has 28 heavy (non-hydrogen) atoms. The number of hydrogen-bond acceptors (Lipinski definition) is 4. The summed E-state index contributed by atoms with van der Waals surface area (Å²) in [5.74, 6) is 0.530. The van der Waals surface area contributed by atoms with E-state index in [0.717, 1.165) is 24.2 Å². The average Bonchev–Trinajstić information content (AvgIpc) is 2.76. The number of hydrogen-bond donors (Lipinski definition) is 1. The Morgan fingerprint density at radius 1 is 0.929 bits per heavy atom. The van der Waals surface area contributed by atoms with Gasteiger partial charge in [-0.3, -0.25) is 4.79 Å². The quantitative estimate of drug-likeness (QED) is 0.540. The molecule has 3 aromatic rings. The predicted molar refractivity (Wildman–Crippen MR) is 113 cm³/mol. The van der Waals surface area contributed by atoms with E-state index in [4.69, 9.17) is 0 Å². The summed E-state index contributed by atoms with van der Waals surface area (Å²) in [6.07, 6.45) is 6.63. The first kappa shape index (κ1) is 19.5. The standard InChI is InChI=1S/C23H26N4O/c1-2-3-10-15-24-22-17-25-21(16-26-22)23(28)27(20-13-8-5-9-14-20)18-19-11-6-4-7-12-19/h4-9,11-14,16-17H,2-3,10,15,18H2,1H3,(H,24,26). The topological polar surface area (TPSA) is 58.1 Å². The first-order valence-electron chi connectivity index (χ1n) is 9.74. The monoisotopic (exact) mass is 374 g/mol. The van der Waals surface area contributed by atoms with Crippen molar-refractivity contribution >= 4 is 17.4 Å². The summed E-state index contributed by atoms with van der Waals surface area (Å²) >= 11 is 0. The number of rotatable bonds is 9. The van der Waals surface area contributed by atoms with Crippen molar-refractivity contribution in [2.75, 3.05) is 16.8 Å². The highest BCUT2D eigenvalue weighted by molar-refractivity contribution is 6.04. The number of unbranched alkanes of at least 4 members (excludes halogenated alkanes) is 2. The van der Waals surface area contributed by atoms with E-state index < -0.39 is 0 Å². The molecule has 2 aromatic carbocycles. The van der Waals surface area contributed by atoms with Crippen LogP contribution in [0.5, 0.6) is 0 Å². The molecule has 5 heteroatoms. The summed E-state index contributed by atoms with van der Waals surface area (Å²) in [7, 11) is 0. The van der Waals surface area contributed by atoms with Crippen LogP contribution >= 0.6 is 0 Å². The minimum Gasteiger partial charge on any atom is -0.369 e. The van der Waals surface area contributed by atoms with Crippen molar-refractivity contribution < 1.29 is 4.79 Å². The van der Waals surface area contributed by atoms with E-state index in [1.165, 1.54) is 12.8 Å². The van der Waals surface area contributed by atoms with Gasteiger partial charge in [-0.2, -0.15) is 0 Å². The average molecular weight is 374 g/mol. The zero-order valence-corrected chi connectivity index (χ0v) is 16.2. The lowest BCUT2D eigenvalue weighted by atomic mass is 10.2. The molecule has 0 fully saturated rings. The van der Waals surface area contributed by atoms with E-state index in [-0.39, 0.29) is 5.91 Å². The van der Waals surface area contributed by atoms with Gasteiger partial charge in [0.2, 0.25) is 0 Å². The van der Waals surface area contributed by atoms with Crippen molar-refractivity contribution in [2.45, 2.75) is 32.7 Å². The smallest absolute Gasteiger partial charge is 0.278 e. The number of amides is 1.